The number of aliphatic imine (C=N–C) groups is 1. The molecule has 0 radical (unpaired) electrons. The molecule has 2 rings (SSSR count). The topological polar surface area (TPSA) is 32.6 Å². The van der Waals surface area contributed by atoms with Gasteiger partial charge >= 0.3 is 37.9 Å². The van der Waals surface area contributed by atoms with Crippen LogP contribution < -0.4 is 0 Å². The summed E-state index contributed by atoms with van der Waals surface area (Å²) in [5.74, 6) is 0.372. The number of halogens is 2. The van der Waals surface area contributed by atoms with E-state index in [1.54, 1.807) is 0 Å². The van der Waals surface area contributed by atoms with Crippen LogP contribution in [-0.2, 0) is 20.8 Å². The Hall–Kier alpha value is 0.370. The van der Waals surface area contributed by atoms with Crippen LogP contribution in [0.15, 0.2) is 23.2 Å². The van der Waals surface area contributed by atoms with Gasteiger partial charge in [0.15, 0.2) is 0 Å². The molecule has 0 amide bonds. The Morgan fingerprint density at radius 1 is 1.21 bits per heavy atom. The van der Waals surface area contributed by atoms with Crippen molar-refractivity contribution in [1.82, 2.24) is 0 Å². The zero-order valence-electron chi connectivity index (χ0n) is 15.1. The van der Waals surface area contributed by atoms with Gasteiger partial charge in [0.25, 0.3) is 0 Å². The van der Waals surface area contributed by atoms with Gasteiger partial charge in [0.1, 0.15) is 5.75 Å². The zero-order chi connectivity index (χ0) is 18.2. The van der Waals surface area contributed by atoms with Gasteiger partial charge in [0, 0.05) is 17.8 Å². The summed E-state index contributed by atoms with van der Waals surface area (Å²) < 4.78 is 0. The van der Waals surface area contributed by atoms with Crippen LogP contribution in [0.25, 0.3) is 0 Å². The number of aryl methyl sites for hydroxylation is 1. The Kier molecular flexibility index (Phi) is 10.4. The predicted molar refractivity (Wildman–Crippen MR) is 106 cm³/mol. The summed E-state index contributed by atoms with van der Waals surface area (Å²) in [5, 5.41) is 10.0. The molecule has 134 valence electrons. The fraction of sp³-hybridized carbons (Fsp3) is 0.611. The maximum atomic E-state index is 10.0. The number of hydrogen-bond acceptors (Lipinski definition) is 2. The fourth-order valence-electron chi connectivity index (χ4n) is 3.80. The Morgan fingerprint density at radius 3 is 2.25 bits per heavy atom. The van der Waals surface area contributed by atoms with E-state index in [0.29, 0.717) is 11.8 Å². The van der Waals surface area contributed by atoms with Crippen LogP contribution in [0.3, 0.4) is 0 Å². The first-order chi connectivity index (χ1) is 11.5. The summed E-state index contributed by atoms with van der Waals surface area (Å²) in [6, 6.07) is 10.6. The summed E-state index contributed by atoms with van der Waals surface area (Å²) >= 11 is -0.826. The molecule has 1 fully saturated rings. The van der Waals surface area contributed by atoms with Crippen molar-refractivity contribution in [3.05, 3.63) is 29.3 Å². The molecule has 0 spiro atoms. The molecule has 1 N–H and O–H groups in total. The third-order valence-electron chi connectivity index (χ3n) is 5.78. The van der Waals surface area contributed by atoms with Crippen LogP contribution in [0.5, 0.6) is 5.75 Å². The Labute approximate surface area is 166 Å². The molecule has 1 aliphatic rings. The van der Waals surface area contributed by atoms with Gasteiger partial charge in [0.05, 0.1) is 8.07 Å². The first-order valence-electron chi connectivity index (χ1n) is 8.75. The van der Waals surface area contributed by atoms with E-state index in [-0.39, 0.29) is 0 Å². The van der Waals surface area contributed by atoms with E-state index in [4.69, 9.17) is 22.0 Å². The molecule has 0 atom stereocenters. The quantitative estimate of drug-likeness (QED) is 0.376. The minimum absolute atomic E-state index is 0.372. The van der Waals surface area contributed by atoms with Gasteiger partial charge in [-0.25, -0.2) is 0 Å². The van der Waals surface area contributed by atoms with Gasteiger partial charge < -0.3 is 5.11 Å². The summed E-state index contributed by atoms with van der Waals surface area (Å²) in [6.07, 6.45) is 4.41. The fourth-order valence-corrected chi connectivity index (χ4v) is 8.57. The predicted octanol–water partition coefficient (Wildman–Crippen LogP) is 6.54. The van der Waals surface area contributed by atoms with Gasteiger partial charge in [-0.1, -0.05) is 51.0 Å². The molecule has 1 saturated carbocycles. The van der Waals surface area contributed by atoms with E-state index >= 15 is 0 Å². The first kappa shape index (κ1) is 22.4. The second-order valence-electron chi connectivity index (χ2n) is 6.61. The van der Waals surface area contributed by atoms with Crippen molar-refractivity contribution in [3.8, 4) is 5.75 Å². The second kappa shape index (κ2) is 11.2. The van der Waals surface area contributed by atoms with Crippen molar-refractivity contribution in [1.29, 1.82) is 0 Å². The summed E-state index contributed by atoms with van der Waals surface area (Å²) in [6.45, 7) is 9.09. The number of benzene rings is 1. The van der Waals surface area contributed by atoms with Gasteiger partial charge in [-0.05, 0) is 36.9 Å². The molecular weight excluding hydrogens is 436 g/mol. The molecule has 1 aromatic carbocycles. The Bertz CT molecular complexity index is 523. The number of phenols is 1. The van der Waals surface area contributed by atoms with Crippen molar-refractivity contribution in [2.45, 2.75) is 70.3 Å². The number of aromatic hydroxyl groups is 1. The van der Waals surface area contributed by atoms with Crippen LogP contribution in [0.2, 0.25) is 23.7 Å². The van der Waals surface area contributed by atoms with Crippen molar-refractivity contribution < 1.29 is 26.0 Å². The molecule has 0 aromatic heterocycles. The first-order valence-corrected chi connectivity index (χ1v) is 17.8. The monoisotopic (exact) mass is 463 g/mol. The van der Waals surface area contributed by atoms with Gasteiger partial charge in [-0.15, -0.1) is 0 Å². The van der Waals surface area contributed by atoms with Crippen LogP contribution in [0.4, 0.5) is 0 Å². The van der Waals surface area contributed by atoms with E-state index in [1.165, 1.54) is 31.0 Å². The van der Waals surface area contributed by atoms with E-state index < -0.39 is 28.9 Å². The van der Waals surface area contributed by atoms with Gasteiger partial charge in [-0.2, -0.15) is 0 Å². The molecule has 0 bridgehead atoms. The van der Waals surface area contributed by atoms with Crippen LogP contribution in [0, 0.1) is 6.92 Å². The number of phenolic OH excluding ortho intramolecular Hbond substituents is 1. The number of hydrogen-bond donors (Lipinski definition) is 1. The number of nitrogens with zero attached hydrogens (tertiary/aromatic N) is 1. The second-order valence-corrected chi connectivity index (χ2v) is 16.0. The van der Waals surface area contributed by atoms with Crippen molar-refractivity contribution in [2.24, 2.45) is 4.99 Å². The van der Waals surface area contributed by atoms with Crippen molar-refractivity contribution >= 4 is 31.3 Å². The van der Waals surface area contributed by atoms with Gasteiger partial charge in [0.2, 0.25) is 0 Å². The average Bonchev–Trinajstić information content (AvgIpc) is 2.54. The third kappa shape index (κ3) is 5.69. The van der Waals surface area contributed by atoms with E-state index in [9.17, 15) is 5.11 Å². The van der Waals surface area contributed by atoms with E-state index in [2.05, 4.69) is 20.8 Å². The Balaban J connectivity index is 0.000000891. The normalized spacial score (nSPS) is 20.2. The third-order valence-corrected chi connectivity index (χ3v) is 12.2. The van der Waals surface area contributed by atoms with Crippen LogP contribution in [0.1, 0.15) is 44.7 Å². The van der Waals surface area contributed by atoms with Crippen molar-refractivity contribution in [3.63, 3.8) is 0 Å². The maximum absolute atomic E-state index is 10.0. The van der Waals surface area contributed by atoms with Crippen LogP contribution in [-0.4, -0.2) is 25.4 Å². The number of para-hydroxylation sites is 1. The molecular formula is C18H29Cl2NOSiZr. The molecule has 0 saturated heterocycles. The molecule has 0 unspecified atom stereocenters. The Morgan fingerprint density at radius 2 is 1.75 bits per heavy atom. The SMILES string of the molecule is CC[Si](CC)(CC)C1CC(N=Cc2cccc(C)c2O)C1.[Cl][Zr][Cl]. The molecule has 6 heteroatoms. The number of rotatable bonds is 6. The average molecular weight is 466 g/mol. The van der Waals surface area contributed by atoms with Gasteiger partial charge in [-0.3, -0.25) is 4.99 Å². The molecule has 24 heavy (non-hydrogen) atoms. The van der Waals surface area contributed by atoms with Crippen LogP contribution >= 0.6 is 17.0 Å². The molecule has 0 aliphatic heterocycles. The molecule has 1 aromatic rings. The summed E-state index contributed by atoms with van der Waals surface area (Å²) in [5.41, 5.74) is 2.73. The van der Waals surface area contributed by atoms with E-state index in [1.807, 2.05) is 31.3 Å². The minimum atomic E-state index is -1.03. The summed E-state index contributed by atoms with van der Waals surface area (Å²) in [4.78, 5) is 4.71. The summed E-state index contributed by atoms with van der Waals surface area (Å²) in [7, 11) is 8.84. The van der Waals surface area contributed by atoms with E-state index in [0.717, 1.165) is 16.7 Å². The molecule has 1 aliphatic carbocycles. The van der Waals surface area contributed by atoms with Crippen molar-refractivity contribution in [2.75, 3.05) is 0 Å². The molecule has 0 heterocycles. The standard InChI is InChI=1S/C18H29NOSi.2ClH.Zr/c1-5-21(6-2,7-3)17-11-16(12-17)19-13-15-10-8-9-14(4)18(15)20;;;/h8-10,13,16-17,20H,5-7,11-12H2,1-4H3;2*1H;/q;;;+2/p-2. The zero-order valence-corrected chi connectivity index (χ0v) is 20.1. The molecule has 2 nitrogen and oxygen atoms in total.